The average Bonchev–Trinajstić information content (AvgIpc) is 3.32. The summed E-state index contributed by atoms with van der Waals surface area (Å²) in [5, 5.41) is 11.9. The predicted molar refractivity (Wildman–Crippen MR) is 86.9 cm³/mol. The lowest BCUT2D eigenvalue weighted by molar-refractivity contribution is -0.128. The van der Waals surface area contributed by atoms with Crippen LogP contribution in [0.2, 0.25) is 0 Å². The molecule has 2 heteroatoms. The zero-order valence-corrected chi connectivity index (χ0v) is 12.8. The van der Waals surface area contributed by atoms with Crippen LogP contribution >= 0.6 is 0 Å². The van der Waals surface area contributed by atoms with Gasteiger partial charge >= 0.3 is 0 Å². The van der Waals surface area contributed by atoms with Crippen molar-refractivity contribution in [3.63, 3.8) is 0 Å². The molecule has 7 rings (SSSR count). The van der Waals surface area contributed by atoms with Gasteiger partial charge in [-0.05, 0) is 46.9 Å². The molecule has 4 fully saturated rings. The van der Waals surface area contributed by atoms with Crippen LogP contribution in [0.5, 0.6) is 0 Å². The van der Waals surface area contributed by atoms with Crippen LogP contribution < -0.4 is 0 Å². The van der Waals surface area contributed by atoms with Gasteiger partial charge in [0.25, 0.3) is 0 Å². The summed E-state index contributed by atoms with van der Waals surface area (Å²) < 4.78 is 0. The van der Waals surface area contributed by atoms with Gasteiger partial charge in [-0.2, -0.15) is 0 Å². The molecule has 2 nitrogen and oxygen atoms in total. The van der Waals surface area contributed by atoms with Crippen molar-refractivity contribution in [3.8, 4) is 11.1 Å². The van der Waals surface area contributed by atoms with E-state index < -0.39 is 5.60 Å². The third-order valence-electron chi connectivity index (χ3n) is 7.20. The first kappa shape index (κ1) is 12.5. The Labute approximate surface area is 135 Å². The maximum absolute atomic E-state index is 12.3. The van der Waals surface area contributed by atoms with E-state index >= 15 is 0 Å². The zero-order valence-electron chi connectivity index (χ0n) is 12.8. The average molecular weight is 302 g/mol. The summed E-state index contributed by atoms with van der Waals surface area (Å²) in [5.41, 5.74) is 4.29. The highest BCUT2D eigenvalue weighted by Crippen LogP contribution is 2.71. The summed E-state index contributed by atoms with van der Waals surface area (Å²) >= 11 is 0. The molecule has 4 saturated carbocycles. The molecule has 114 valence electrons. The van der Waals surface area contributed by atoms with E-state index in [0.29, 0.717) is 5.78 Å². The number of aliphatic hydroxyl groups is 1. The van der Waals surface area contributed by atoms with Crippen LogP contribution in [-0.2, 0) is 4.79 Å². The molecule has 2 aromatic carbocycles. The van der Waals surface area contributed by atoms with E-state index in [2.05, 4.69) is 48.5 Å². The summed E-state index contributed by atoms with van der Waals surface area (Å²) in [7, 11) is 0. The lowest BCUT2D eigenvalue weighted by Gasteiger charge is -2.38. The van der Waals surface area contributed by atoms with Crippen LogP contribution in [-0.4, -0.2) is 16.5 Å². The highest BCUT2D eigenvalue weighted by Gasteiger charge is 2.74. The molecule has 0 spiro atoms. The Kier molecular flexibility index (Phi) is 2.04. The molecule has 0 unspecified atom stereocenters. The summed E-state index contributed by atoms with van der Waals surface area (Å²) in [6.45, 7) is 0. The molecule has 23 heavy (non-hydrogen) atoms. The minimum absolute atomic E-state index is 0.0352. The van der Waals surface area contributed by atoms with Crippen molar-refractivity contribution in [1.29, 1.82) is 0 Å². The van der Waals surface area contributed by atoms with Gasteiger partial charge in [0.05, 0.1) is 5.60 Å². The molecule has 0 saturated heterocycles. The maximum atomic E-state index is 12.3. The molecule has 5 aliphatic carbocycles. The van der Waals surface area contributed by atoms with Crippen molar-refractivity contribution in [3.05, 3.63) is 59.7 Å². The normalized spacial score (nSPS) is 39.3. The van der Waals surface area contributed by atoms with Crippen molar-refractivity contribution in [2.75, 3.05) is 0 Å². The lowest BCUT2D eigenvalue weighted by Crippen LogP contribution is -2.45. The van der Waals surface area contributed by atoms with Crippen molar-refractivity contribution in [1.82, 2.24) is 0 Å². The van der Waals surface area contributed by atoms with Gasteiger partial charge in [0.2, 0.25) is 0 Å². The zero-order chi connectivity index (χ0) is 15.3. The van der Waals surface area contributed by atoms with E-state index in [9.17, 15) is 9.90 Å². The van der Waals surface area contributed by atoms with Gasteiger partial charge in [-0.25, -0.2) is 0 Å². The fourth-order valence-corrected chi connectivity index (χ4v) is 6.49. The Hall–Kier alpha value is -1.93. The van der Waals surface area contributed by atoms with Crippen LogP contribution in [0.25, 0.3) is 11.1 Å². The fraction of sp³-hybridized carbons (Fsp3) is 0.381. The van der Waals surface area contributed by atoms with Crippen LogP contribution in [0.1, 0.15) is 29.9 Å². The molecule has 0 radical (unpaired) electrons. The molecule has 0 amide bonds. The maximum Gasteiger partial charge on any atom is 0.139 e. The second-order valence-corrected chi connectivity index (χ2v) is 7.79. The van der Waals surface area contributed by atoms with E-state index in [1.54, 1.807) is 0 Å². The van der Waals surface area contributed by atoms with Gasteiger partial charge in [-0.1, -0.05) is 48.5 Å². The summed E-state index contributed by atoms with van der Waals surface area (Å²) in [5.74, 6) is 1.03. The number of carbonyl (C=O) groups is 1. The molecule has 1 N–H and O–H groups in total. The minimum Gasteiger partial charge on any atom is -0.388 e. The minimum atomic E-state index is -0.730. The van der Waals surface area contributed by atoms with Crippen molar-refractivity contribution >= 4 is 5.78 Å². The number of hydrogen-bond donors (Lipinski definition) is 1. The van der Waals surface area contributed by atoms with Crippen LogP contribution in [0, 0.1) is 23.7 Å². The number of carbonyl (C=O) groups excluding carboxylic acids is 1. The van der Waals surface area contributed by atoms with Gasteiger partial charge < -0.3 is 5.11 Å². The van der Waals surface area contributed by atoms with E-state index in [0.717, 1.165) is 12.8 Å². The quantitative estimate of drug-likeness (QED) is 0.877. The first-order chi connectivity index (χ1) is 11.2. The first-order valence-corrected chi connectivity index (χ1v) is 8.65. The highest BCUT2D eigenvalue weighted by atomic mass is 16.3. The van der Waals surface area contributed by atoms with Gasteiger partial charge in [-0.3, -0.25) is 4.79 Å². The Morgan fingerprint density at radius 2 is 1.30 bits per heavy atom. The highest BCUT2D eigenvalue weighted by molar-refractivity contribution is 5.91. The van der Waals surface area contributed by atoms with E-state index in [1.807, 2.05) is 0 Å². The van der Waals surface area contributed by atoms with E-state index in [4.69, 9.17) is 0 Å². The second-order valence-electron chi connectivity index (χ2n) is 7.79. The number of benzene rings is 2. The SMILES string of the molecule is O=C1[C@@H]2C[C@@H]3[C@H]1C[C@H]2C3(O)C1c2ccccc2-c2ccccc21. The molecule has 2 aromatic rings. The lowest BCUT2D eigenvalue weighted by atomic mass is 9.70. The van der Waals surface area contributed by atoms with Gasteiger partial charge in [-0.15, -0.1) is 0 Å². The van der Waals surface area contributed by atoms with E-state index in [1.165, 1.54) is 22.3 Å². The summed E-state index contributed by atoms with van der Waals surface area (Å²) in [4.78, 5) is 12.3. The molecular weight excluding hydrogens is 284 g/mol. The topological polar surface area (TPSA) is 37.3 Å². The number of hydrogen-bond acceptors (Lipinski definition) is 2. The Morgan fingerprint density at radius 1 is 0.826 bits per heavy atom. The monoisotopic (exact) mass is 302 g/mol. The van der Waals surface area contributed by atoms with Crippen LogP contribution in [0.3, 0.4) is 0 Å². The van der Waals surface area contributed by atoms with Gasteiger partial charge in [0, 0.05) is 17.8 Å². The van der Waals surface area contributed by atoms with Crippen molar-refractivity contribution in [2.24, 2.45) is 23.7 Å². The molecule has 4 atom stereocenters. The molecule has 4 bridgehead atoms. The third kappa shape index (κ3) is 1.19. The largest absolute Gasteiger partial charge is 0.388 e. The second kappa shape index (κ2) is 3.76. The standard InChI is InChI=1S/C21H18O2/c22-20-15-9-17-16(20)10-18(15)21(17,23)19-13-7-3-1-5-11(13)12-6-2-4-8-14(12)19/h1-8,15-19,23H,9-10H2/t15-,16-,17-,18-/m1/s1. The van der Waals surface area contributed by atoms with Crippen molar-refractivity contribution < 1.29 is 9.90 Å². The number of fused-ring (bicyclic) bond motifs is 3. The smallest absolute Gasteiger partial charge is 0.139 e. The first-order valence-electron chi connectivity index (χ1n) is 8.65. The fourth-order valence-electron chi connectivity index (χ4n) is 6.49. The summed E-state index contributed by atoms with van der Waals surface area (Å²) in [6, 6.07) is 17.0. The molecular formula is C21H18O2. The molecule has 0 heterocycles. The summed E-state index contributed by atoms with van der Waals surface area (Å²) in [6.07, 6.45) is 1.82. The predicted octanol–water partition coefficient (Wildman–Crippen LogP) is 3.38. The molecule has 5 aliphatic rings. The Balaban J connectivity index is 1.60. The molecule has 0 aromatic heterocycles. The van der Waals surface area contributed by atoms with Crippen LogP contribution in [0.15, 0.2) is 48.5 Å². The van der Waals surface area contributed by atoms with Crippen molar-refractivity contribution in [2.45, 2.75) is 24.4 Å². The number of ketones is 1. The number of Topliss-reactive ketones (excluding diaryl/α,β-unsaturated/α-hetero) is 1. The van der Waals surface area contributed by atoms with Crippen LogP contribution in [0.4, 0.5) is 0 Å². The molecule has 0 aliphatic heterocycles. The van der Waals surface area contributed by atoms with E-state index in [-0.39, 0.29) is 29.6 Å². The third-order valence-corrected chi connectivity index (χ3v) is 7.20. The number of rotatable bonds is 1. The van der Waals surface area contributed by atoms with Gasteiger partial charge in [0.15, 0.2) is 0 Å². The Morgan fingerprint density at radius 3 is 1.78 bits per heavy atom. The Bertz CT molecular complexity index is 802. The van der Waals surface area contributed by atoms with Gasteiger partial charge in [0.1, 0.15) is 5.78 Å².